The number of rotatable bonds is 7. The fraction of sp³-hybridized carbons (Fsp3) is 0.136. The van der Waals surface area contributed by atoms with Crippen molar-refractivity contribution in [1.29, 1.82) is 0 Å². The summed E-state index contributed by atoms with van der Waals surface area (Å²) in [5, 5.41) is 3.19. The third kappa shape index (κ3) is 4.54. The Morgan fingerprint density at radius 3 is 2.38 bits per heavy atom. The number of sulfonamides is 1. The second kappa shape index (κ2) is 8.67. The number of anilines is 3. The zero-order chi connectivity index (χ0) is 22.7. The molecule has 2 N–H and O–H groups in total. The van der Waals surface area contributed by atoms with Crippen LogP contribution in [0.2, 0.25) is 0 Å². The highest BCUT2D eigenvalue weighted by Crippen LogP contribution is 2.27. The predicted octanol–water partition coefficient (Wildman–Crippen LogP) is 3.83. The van der Waals surface area contributed by atoms with Gasteiger partial charge in [-0.25, -0.2) is 23.4 Å². The summed E-state index contributed by atoms with van der Waals surface area (Å²) in [6.07, 6.45) is 5.00. The second-order valence-electron chi connectivity index (χ2n) is 7.07. The van der Waals surface area contributed by atoms with Crippen molar-refractivity contribution in [3.63, 3.8) is 0 Å². The number of aryl methyl sites for hydroxylation is 2. The lowest BCUT2D eigenvalue weighted by atomic mass is 10.2. The van der Waals surface area contributed by atoms with E-state index in [0.717, 1.165) is 17.1 Å². The Morgan fingerprint density at radius 2 is 1.69 bits per heavy atom. The SMILES string of the molecule is COc1ccc(C)cc1S(=O)(=O)Nc1ccc(Nc2cc(-n3ccnc3C)ncn2)cc1. The number of imidazole rings is 1. The molecule has 4 rings (SSSR count). The van der Waals surface area contributed by atoms with Gasteiger partial charge in [-0.15, -0.1) is 0 Å². The Labute approximate surface area is 186 Å². The number of hydrogen-bond donors (Lipinski definition) is 2. The van der Waals surface area contributed by atoms with E-state index in [-0.39, 0.29) is 10.6 Å². The third-order valence-corrected chi connectivity index (χ3v) is 6.15. The molecule has 0 atom stereocenters. The molecule has 0 saturated carbocycles. The van der Waals surface area contributed by atoms with E-state index in [4.69, 9.17) is 4.74 Å². The summed E-state index contributed by atoms with van der Waals surface area (Å²) in [5.41, 5.74) is 1.99. The van der Waals surface area contributed by atoms with Crippen LogP contribution in [0.4, 0.5) is 17.2 Å². The van der Waals surface area contributed by atoms with E-state index in [1.54, 1.807) is 54.7 Å². The molecule has 2 aromatic heterocycles. The summed E-state index contributed by atoms with van der Waals surface area (Å²) in [5.74, 6) is 2.39. The number of benzene rings is 2. The predicted molar refractivity (Wildman–Crippen MR) is 122 cm³/mol. The van der Waals surface area contributed by atoms with Gasteiger partial charge < -0.3 is 10.1 Å². The van der Waals surface area contributed by atoms with E-state index >= 15 is 0 Å². The van der Waals surface area contributed by atoms with Gasteiger partial charge in [0, 0.05) is 29.8 Å². The average Bonchev–Trinajstić information content (AvgIpc) is 3.21. The van der Waals surface area contributed by atoms with Crippen LogP contribution in [-0.2, 0) is 10.0 Å². The number of aromatic nitrogens is 4. The van der Waals surface area contributed by atoms with Gasteiger partial charge in [0.05, 0.1) is 7.11 Å². The van der Waals surface area contributed by atoms with Gasteiger partial charge in [-0.3, -0.25) is 9.29 Å². The largest absolute Gasteiger partial charge is 0.495 e. The molecule has 0 unspecified atom stereocenters. The van der Waals surface area contributed by atoms with Gasteiger partial charge >= 0.3 is 0 Å². The van der Waals surface area contributed by atoms with Crippen molar-refractivity contribution < 1.29 is 13.2 Å². The molecule has 0 fully saturated rings. The third-order valence-electron chi connectivity index (χ3n) is 4.74. The van der Waals surface area contributed by atoms with Crippen LogP contribution in [0.25, 0.3) is 5.82 Å². The Kier molecular flexibility index (Phi) is 5.78. The maximum Gasteiger partial charge on any atom is 0.265 e. The molecule has 0 aliphatic heterocycles. The standard InChI is InChI=1S/C22H22N6O3S/c1-15-4-9-19(31-3)20(12-15)32(29,30)27-18-7-5-17(6-8-18)26-21-13-22(25-14-24-21)28-11-10-23-16(28)2/h4-14,27H,1-3H3,(H,24,25,26). The summed E-state index contributed by atoms with van der Waals surface area (Å²) in [6, 6.07) is 13.7. The van der Waals surface area contributed by atoms with E-state index in [1.807, 2.05) is 24.6 Å². The first-order valence-electron chi connectivity index (χ1n) is 9.72. The number of methoxy groups -OCH3 is 1. The zero-order valence-corrected chi connectivity index (χ0v) is 18.6. The minimum absolute atomic E-state index is 0.0884. The number of ether oxygens (including phenoxy) is 1. The van der Waals surface area contributed by atoms with Crippen molar-refractivity contribution >= 4 is 27.2 Å². The molecule has 2 heterocycles. The van der Waals surface area contributed by atoms with Crippen LogP contribution in [0.1, 0.15) is 11.4 Å². The second-order valence-corrected chi connectivity index (χ2v) is 8.72. The first-order valence-corrected chi connectivity index (χ1v) is 11.2. The number of nitrogens with one attached hydrogen (secondary N) is 2. The van der Waals surface area contributed by atoms with Crippen LogP contribution in [0.3, 0.4) is 0 Å². The molecule has 0 aliphatic rings. The molecule has 0 saturated heterocycles. The summed E-state index contributed by atoms with van der Waals surface area (Å²) < 4.78 is 35.4. The minimum atomic E-state index is -3.81. The highest BCUT2D eigenvalue weighted by atomic mass is 32.2. The lowest BCUT2D eigenvalue weighted by Crippen LogP contribution is -2.14. The number of nitrogens with zero attached hydrogens (tertiary/aromatic N) is 4. The maximum absolute atomic E-state index is 12.9. The van der Waals surface area contributed by atoms with Crippen molar-refractivity contribution in [2.75, 3.05) is 17.1 Å². The van der Waals surface area contributed by atoms with Crippen molar-refractivity contribution in [2.45, 2.75) is 18.7 Å². The van der Waals surface area contributed by atoms with Crippen LogP contribution in [0.15, 0.2) is 72.1 Å². The molecule has 2 aromatic carbocycles. The number of hydrogen-bond acceptors (Lipinski definition) is 7. The molecular weight excluding hydrogens is 428 g/mol. The molecule has 164 valence electrons. The van der Waals surface area contributed by atoms with Gasteiger partial charge in [0.1, 0.15) is 34.4 Å². The van der Waals surface area contributed by atoms with Gasteiger partial charge in [0.15, 0.2) is 0 Å². The first-order chi connectivity index (χ1) is 15.4. The minimum Gasteiger partial charge on any atom is -0.495 e. The molecule has 9 nitrogen and oxygen atoms in total. The van der Waals surface area contributed by atoms with Crippen molar-refractivity contribution in [1.82, 2.24) is 19.5 Å². The van der Waals surface area contributed by atoms with E-state index < -0.39 is 10.0 Å². The van der Waals surface area contributed by atoms with E-state index in [1.165, 1.54) is 13.4 Å². The fourth-order valence-corrected chi connectivity index (χ4v) is 4.45. The van der Waals surface area contributed by atoms with Crippen LogP contribution in [0.5, 0.6) is 5.75 Å². The molecule has 10 heteroatoms. The summed E-state index contributed by atoms with van der Waals surface area (Å²) in [4.78, 5) is 12.8. The van der Waals surface area contributed by atoms with Crippen LogP contribution >= 0.6 is 0 Å². The van der Waals surface area contributed by atoms with Crippen LogP contribution < -0.4 is 14.8 Å². The van der Waals surface area contributed by atoms with Crippen molar-refractivity contribution in [2.24, 2.45) is 0 Å². The Morgan fingerprint density at radius 1 is 0.938 bits per heavy atom. The van der Waals surface area contributed by atoms with Gasteiger partial charge in [0.2, 0.25) is 0 Å². The summed E-state index contributed by atoms with van der Waals surface area (Å²) in [6.45, 7) is 3.72. The Hall–Kier alpha value is -3.92. The van der Waals surface area contributed by atoms with Gasteiger partial charge in [-0.1, -0.05) is 6.07 Å². The van der Waals surface area contributed by atoms with E-state index in [0.29, 0.717) is 17.3 Å². The highest BCUT2D eigenvalue weighted by Gasteiger charge is 2.20. The normalized spacial score (nSPS) is 11.2. The van der Waals surface area contributed by atoms with Crippen molar-refractivity contribution in [3.8, 4) is 11.6 Å². The molecule has 0 bridgehead atoms. The molecule has 0 aliphatic carbocycles. The van der Waals surface area contributed by atoms with E-state index in [9.17, 15) is 8.42 Å². The Bertz CT molecular complexity index is 1350. The monoisotopic (exact) mass is 450 g/mol. The average molecular weight is 451 g/mol. The summed E-state index contributed by atoms with van der Waals surface area (Å²) >= 11 is 0. The zero-order valence-electron chi connectivity index (χ0n) is 17.8. The molecular formula is C22H22N6O3S. The molecule has 32 heavy (non-hydrogen) atoms. The Balaban J connectivity index is 1.51. The lowest BCUT2D eigenvalue weighted by Gasteiger charge is -2.13. The summed E-state index contributed by atoms with van der Waals surface area (Å²) in [7, 11) is -2.37. The van der Waals surface area contributed by atoms with Crippen LogP contribution in [0, 0.1) is 13.8 Å². The quantitative estimate of drug-likeness (QED) is 0.440. The first kappa shape index (κ1) is 21.3. The molecule has 0 amide bonds. The molecule has 4 aromatic rings. The highest BCUT2D eigenvalue weighted by molar-refractivity contribution is 7.92. The topological polar surface area (TPSA) is 111 Å². The maximum atomic E-state index is 12.9. The van der Waals surface area contributed by atoms with Crippen LogP contribution in [-0.4, -0.2) is 35.0 Å². The lowest BCUT2D eigenvalue weighted by molar-refractivity contribution is 0.402. The fourth-order valence-electron chi connectivity index (χ4n) is 3.14. The van der Waals surface area contributed by atoms with Crippen molar-refractivity contribution in [3.05, 3.63) is 78.6 Å². The van der Waals surface area contributed by atoms with Gasteiger partial charge in [0.25, 0.3) is 10.0 Å². The smallest absolute Gasteiger partial charge is 0.265 e. The van der Waals surface area contributed by atoms with E-state index in [2.05, 4.69) is 25.0 Å². The molecule has 0 radical (unpaired) electrons. The molecule has 0 spiro atoms. The van der Waals surface area contributed by atoms with Gasteiger partial charge in [-0.05, 0) is 55.8 Å². The van der Waals surface area contributed by atoms with Gasteiger partial charge in [-0.2, -0.15) is 0 Å².